The minimum Gasteiger partial charge on any atom is -0.399 e. The second-order valence-electron chi connectivity index (χ2n) is 4.36. The fourth-order valence-corrected chi connectivity index (χ4v) is 1.95. The molecular formula is C13H18N4O. The molecule has 0 aliphatic heterocycles. The fraction of sp³-hybridized carbons (Fsp3) is 0.385. The van der Waals surface area contributed by atoms with Gasteiger partial charge in [0.15, 0.2) is 5.69 Å². The Labute approximate surface area is 106 Å². The second-order valence-corrected chi connectivity index (χ2v) is 4.36. The fourth-order valence-electron chi connectivity index (χ4n) is 1.95. The first-order valence-corrected chi connectivity index (χ1v) is 6.20. The summed E-state index contributed by atoms with van der Waals surface area (Å²) in [5.41, 5.74) is 7.58. The Morgan fingerprint density at radius 2 is 2.17 bits per heavy atom. The Morgan fingerprint density at radius 3 is 2.83 bits per heavy atom. The summed E-state index contributed by atoms with van der Waals surface area (Å²) in [7, 11) is 0. The Balaban J connectivity index is 2.30. The number of hydrogen-bond donors (Lipinski definition) is 3. The highest BCUT2D eigenvalue weighted by Crippen LogP contribution is 2.19. The molecule has 1 aromatic heterocycles. The van der Waals surface area contributed by atoms with Crippen LogP contribution in [0.1, 0.15) is 37.2 Å². The van der Waals surface area contributed by atoms with Crippen LogP contribution in [0.5, 0.6) is 0 Å². The van der Waals surface area contributed by atoms with Crippen molar-refractivity contribution in [3.63, 3.8) is 0 Å². The first-order chi connectivity index (χ1) is 8.65. The molecule has 0 saturated heterocycles. The number of H-pyrrole nitrogens is 1. The van der Waals surface area contributed by atoms with Crippen LogP contribution in [0, 0.1) is 0 Å². The van der Waals surface area contributed by atoms with Crippen LogP contribution in [0.2, 0.25) is 0 Å². The second kappa shape index (κ2) is 5.08. The summed E-state index contributed by atoms with van der Waals surface area (Å²) in [4.78, 5) is 12.1. The van der Waals surface area contributed by atoms with Gasteiger partial charge < -0.3 is 11.1 Å². The Bertz CT molecular complexity index is 557. The van der Waals surface area contributed by atoms with Crippen molar-refractivity contribution in [1.82, 2.24) is 15.5 Å². The number of nitrogen functional groups attached to an aromatic ring is 1. The first kappa shape index (κ1) is 12.4. The van der Waals surface area contributed by atoms with E-state index < -0.39 is 0 Å². The summed E-state index contributed by atoms with van der Waals surface area (Å²) in [5.74, 6) is -0.152. The number of benzene rings is 1. The molecule has 2 aromatic rings. The lowest BCUT2D eigenvalue weighted by molar-refractivity contribution is 0.0931. The Morgan fingerprint density at radius 1 is 1.44 bits per heavy atom. The zero-order valence-electron chi connectivity index (χ0n) is 10.7. The monoisotopic (exact) mass is 246 g/mol. The summed E-state index contributed by atoms with van der Waals surface area (Å²) < 4.78 is 0. The van der Waals surface area contributed by atoms with Gasteiger partial charge in [-0.25, -0.2) is 0 Å². The van der Waals surface area contributed by atoms with E-state index in [1.165, 1.54) is 0 Å². The van der Waals surface area contributed by atoms with E-state index in [2.05, 4.69) is 29.4 Å². The number of rotatable bonds is 4. The molecule has 0 aliphatic rings. The summed E-state index contributed by atoms with van der Waals surface area (Å²) in [6.07, 6.45) is 1.82. The molecule has 1 aromatic carbocycles. The number of hydrogen-bond acceptors (Lipinski definition) is 3. The Kier molecular flexibility index (Phi) is 3.50. The van der Waals surface area contributed by atoms with Crippen molar-refractivity contribution in [3.05, 3.63) is 23.9 Å². The van der Waals surface area contributed by atoms with E-state index in [1.807, 2.05) is 6.07 Å². The van der Waals surface area contributed by atoms with E-state index in [9.17, 15) is 4.79 Å². The van der Waals surface area contributed by atoms with Gasteiger partial charge in [0.05, 0.1) is 5.52 Å². The normalized spacial score (nSPS) is 11.1. The van der Waals surface area contributed by atoms with Crippen LogP contribution in [0.25, 0.3) is 10.9 Å². The molecule has 0 unspecified atom stereocenters. The predicted octanol–water partition coefficient (Wildman–Crippen LogP) is 2.06. The number of fused-ring (bicyclic) bond motifs is 1. The maximum Gasteiger partial charge on any atom is 0.272 e. The van der Waals surface area contributed by atoms with E-state index >= 15 is 0 Å². The molecule has 5 heteroatoms. The molecule has 0 radical (unpaired) electrons. The van der Waals surface area contributed by atoms with Crippen LogP contribution in [-0.4, -0.2) is 22.1 Å². The van der Waals surface area contributed by atoms with Gasteiger partial charge in [-0.1, -0.05) is 13.8 Å². The number of nitrogens with one attached hydrogen (secondary N) is 2. The van der Waals surface area contributed by atoms with Crippen LogP contribution in [0.15, 0.2) is 18.2 Å². The summed E-state index contributed by atoms with van der Waals surface area (Å²) in [5, 5.41) is 10.6. The van der Waals surface area contributed by atoms with E-state index in [0.717, 1.165) is 23.7 Å². The highest BCUT2D eigenvalue weighted by Gasteiger charge is 2.16. The maximum atomic E-state index is 12.1. The van der Waals surface area contributed by atoms with Crippen LogP contribution >= 0.6 is 0 Å². The highest BCUT2D eigenvalue weighted by atomic mass is 16.2. The summed E-state index contributed by atoms with van der Waals surface area (Å²) in [6.45, 7) is 4.10. The number of aromatic amines is 1. The standard InChI is InChI=1S/C13H18N4O/c1-3-9(4-2)15-13(18)12-10-7-8(14)5-6-11(10)16-17-12/h5-7,9H,3-4,14H2,1-2H3,(H,15,18)(H,16,17). The average Bonchev–Trinajstić information content (AvgIpc) is 2.78. The van der Waals surface area contributed by atoms with Gasteiger partial charge in [0.25, 0.3) is 5.91 Å². The number of anilines is 1. The molecule has 5 nitrogen and oxygen atoms in total. The summed E-state index contributed by atoms with van der Waals surface area (Å²) in [6, 6.07) is 5.56. The van der Waals surface area contributed by atoms with Gasteiger partial charge in [-0.2, -0.15) is 5.10 Å². The van der Waals surface area contributed by atoms with Crippen molar-refractivity contribution in [2.24, 2.45) is 0 Å². The molecule has 18 heavy (non-hydrogen) atoms. The molecule has 4 N–H and O–H groups in total. The van der Waals surface area contributed by atoms with Crippen molar-refractivity contribution in [1.29, 1.82) is 0 Å². The van der Waals surface area contributed by atoms with Gasteiger partial charge in [0.1, 0.15) is 0 Å². The highest BCUT2D eigenvalue weighted by molar-refractivity contribution is 6.05. The van der Waals surface area contributed by atoms with Crippen LogP contribution in [-0.2, 0) is 0 Å². The molecule has 0 saturated carbocycles. The zero-order chi connectivity index (χ0) is 13.1. The molecule has 2 rings (SSSR count). The lowest BCUT2D eigenvalue weighted by Crippen LogP contribution is -2.34. The summed E-state index contributed by atoms with van der Waals surface area (Å²) >= 11 is 0. The largest absolute Gasteiger partial charge is 0.399 e. The lowest BCUT2D eigenvalue weighted by atomic mass is 10.1. The van der Waals surface area contributed by atoms with Gasteiger partial charge in [-0.05, 0) is 31.0 Å². The van der Waals surface area contributed by atoms with Gasteiger partial charge in [0.2, 0.25) is 0 Å². The van der Waals surface area contributed by atoms with Gasteiger partial charge in [0, 0.05) is 17.1 Å². The van der Waals surface area contributed by atoms with E-state index in [1.54, 1.807) is 12.1 Å². The number of nitrogens with zero attached hydrogens (tertiary/aromatic N) is 1. The molecule has 0 spiro atoms. The minimum atomic E-state index is -0.152. The number of carbonyl (C=O) groups is 1. The van der Waals surface area contributed by atoms with E-state index in [-0.39, 0.29) is 11.9 Å². The van der Waals surface area contributed by atoms with Crippen LogP contribution in [0.3, 0.4) is 0 Å². The molecule has 0 atom stereocenters. The van der Waals surface area contributed by atoms with Crippen molar-refractivity contribution in [2.45, 2.75) is 32.7 Å². The van der Waals surface area contributed by atoms with Gasteiger partial charge in [-0.15, -0.1) is 0 Å². The smallest absolute Gasteiger partial charge is 0.272 e. The van der Waals surface area contributed by atoms with Crippen LogP contribution in [0.4, 0.5) is 5.69 Å². The van der Waals surface area contributed by atoms with E-state index in [0.29, 0.717) is 11.4 Å². The number of nitrogens with two attached hydrogens (primary N) is 1. The maximum absolute atomic E-state index is 12.1. The SMILES string of the molecule is CCC(CC)NC(=O)c1n[nH]c2ccc(N)cc12. The van der Waals surface area contributed by atoms with E-state index in [4.69, 9.17) is 5.73 Å². The number of aromatic nitrogens is 2. The van der Waals surface area contributed by atoms with Crippen molar-refractivity contribution >= 4 is 22.5 Å². The van der Waals surface area contributed by atoms with Crippen LogP contribution < -0.4 is 11.1 Å². The molecule has 0 fully saturated rings. The minimum absolute atomic E-state index is 0.152. The molecule has 0 aliphatic carbocycles. The number of amides is 1. The molecule has 1 heterocycles. The van der Waals surface area contributed by atoms with Crippen molar-refractivity contribution in [3.8, 4) is 0 Å². The van der Waals surface area contributed by atoms with Crippen molar-refractivity contribution in [2.75, 3.05) is 5.73 Å². The van der Waals surface area contributed by atoms with Crippen molar-refractivity contribution < 1.29 is 4.79 Å². The third kappa shape index (κ3) is 2.30. The van der Waals surface area contributed by atoms with Gasteiger partial charge >= 0.3 is 0 Å². The third-order valence-electron chi connectivity index (χ3n) is 3.12. The Hall–Kier alpha value is -2.04. The molecule has 96 valence electrons. The topological polar surface area (TPSA) is 83.8 Å². The first-order valence-electron chi connectivity index (χ1n) is 6.20. The average molecular weight is 246 g/mol. The van der Waals surface area contributed by atoms with Gasteiger partial charge in [-0.3, -0.25) is 9.89 Å². The number of carbonyl (C=O) groups excluding carboxylic acids is 1. The zero-order valence-corrected chi connectivity index (χ0v) is 10.7. The predicted molar refractivity (Wildman–Crippen MR) is 72.3 cm³/mol. The molecular weight excluding hydrogens is 228 g/mol. The third-order valence-corrected chi connectivity index (χ3v) is 3.12. The quantitative estimate of drug-likeness (QED) is 0.722. The molecule has 1 amide bonds. The molecule has 0 bridgehead atoms. The lowest BCUT2D eigenvalue weighted by Gasteiger charge is -2.13.